The summed E-state index contributed by atoms with van der Waals surface area (Å²) in [6, 6.07) is 0. The Bertz CT molecular complexity index is 284. The lowest BCUT2D eigenvalue weighted by Crippen LogP contribution is -2.12. The van der Waals surface area contributed by atoms with Gasteiger partial charge >= 0.3 is 0 Å². The molecule has 1 N–H and O–H groups in total. The molecule has 0 bridgehead atoms. The van der Waals surface area contributed by atoms with Crippen LogP contribution < -0.4 is 0 Å². The Kier molecular flexibility index (Phi) is 4.62. The molecule has 0 aromatic carbocycles. The van der Waals surface area contributed by atoms with Crippen LogP contribution in [0.2, 0.25) is 0 Å². The Labute approximate surface area is 94.6 Å². The summed E-state index contributed by atoms with van der Waals surface area (Å²) >= 11 is 0. The van der Waals surface area contributed by atoms with Gasteiger partial charge in [0.05, 0.1) is 0 Å². The monoisotopic (exact) mass is 208 g/mol. The van der Waals surface area contributed by atoms with Crippen LogP contribution in [0.15, 0.2) is 11.6 Å². The lowest BCUT2D eigenvalue weighted by Gasteiger charge is -2.23. The van der Waals surface area contributed by atoms with E-state index in [0.29, 0.717) is 0 Å². The molecule has 0 radical (unpaired) electrons. The first-order chi connectivity index (χ1) is 6.52. The third-order valence-corrected chi connectivity index (χ3v) is 1.80. The van der Waals surface area contributed by atoms with E-state index >= 15 is 0 Å². The number of aliphatic hydroxyl groups excluding tert-OH is 1. The minimum Gasteiger partial charge on any atom is -0.381 e. The number of rotatable bonds is 0. The van der Waals surface area contributed by atoms with Gasteiger partial charge < -0.3 is 5.11 Å². The van der Waals surface area contributed by atoms with E-state index in [0.717, 1.165) is 5.57 Å². The molecule has 0 saturated carbocycles. The molecule has 0 spiro atoms. The molecule has 1 unspecified atom stereocenters. The van der Waals surface area contributed by atoms with Gasteiger partial charge in [0, 0.05) is 5.57 Å². The molecule has 0 heterocycles. The van der Waals surface area contributed by atoms with E-state index in [1.54, 1.807) is 6.92 Å². The van der Waals surface area contributed by atoms with Crippen LogP contribution in [-0.4, -0.2) is 11.2 Å². The highest BCUT2D eigenvalue weighted by Gasteiger charge is 2.18. The first kappa shape index (κ1) is 14.3. The predicted octanol–water partition coefficient (Wildman–Crippen LogP) is 3.39. The Hall–Kier alpha value is -0.740. The molecule has 1 atom stereocenters. The summed E-state index contributed by atoms with van der Waals surface area (Å²) in [5.41, 5.74) is 1.25. The van der Waals surface area contributed by atoms with Crippen molar-refractivity contribution in [2.45, 2.75) is 54.6 Å². The Balaban J connectivity index is 5.13. The third-order valence-electron chi connectivity index (χ3n) is 1.80. The molecule has 0 aliphatic rings. The van der Waals surface area contributed by atoms with E-state index in [2.05, 4.69) is 59.5 Å². The van der Waals surface area contributed by atoms with Gasteiger partial charge in [-0.1, -0.05) is 59.5 Å². The van der Waals surface area contributed by atoms with E-state index in [4.69, 9.17) is 5.11 Å². The summed E-state index contributed by atoms with van der Waals surface area (Å²) < 4.78 is 0. The second-order valence-electron chi connectivity index (χ2n) is 6.12. The lowest BCUT2D eigenvalue weighted by molar-refractivity contribution is 0.253. The second kappa shape index (κ2) is 4.86. The van der Waals surface area contributed by atoms with Crippen molar-refractivity contribution >= 4 is 0 Å². The number of hydrogen-bond acceptors (Lipinski definition) is 1. The van der Waals surface area contributed by atoms with Crippen molar-refractivity contribution in [1.82, 2.24) is 0 Å². The van der Waals surface area contributed by atoms with E-state index in [1.807, 2.05) is 0 Å². The minimum absolute atomic E-state index is 0.0369. The molecule has 0 aliphatic carbocycles. The molecular formula is C14H24O. The highest BCUT2D eigenvalue weighted by molar-refractivity contribution is 5.35. The van der Waals surface area contributed by atoms with E-state index in [9.17, 15) is 0 Å². The molecule has 86 valence electrons. The van der Waals surface area contributed by atoms with Crippen LogP contribution in [0.4, 0.5) is 0 Å². The Morgan fingerprint density at radius 1 is 1.13 bits per heavy atom. The molecule has 0 amide bonds. The van der Waals surface area contributed by atoms with Gasteiger partial charge in [0.2, 0.25) is 0 Å². The van der Waals surface area contributed by atoms with E-state index < -0.39 is 6.10 Å². The Morgan fingerprint density at radius 3 is 1.87 bits per heavy atom. The fourth-order valence-electron chi connectivity index (χ4n) is 1.06. The first-order valence-corrected chi connectivity index (χ1v) is 5.45. The summed E-state index contributed by atoms with van der Waals surface area (Å²) in [7, 11) is 0. The zero-order valence-corrected chi connectivity index (χ0v) is 11.1. The molecule has 0 aromatic heterocycles. The van der Waals surface area contributed by atoms with Gasteiger partial charge in [0.1, 0.15) is 6.10 Å². The average Bonchev–Trinajstić information content (AvgIpc) is 1.93. The largest absolute Gasteiger partial charge is 0.381 e. The van der Waals surface area contributed by atoms with Crippen molar-refractivity contribution in [3.63, 3.8) is 0 Å². The molecular weight excluding hydrogens is 184 g/mol. The maximum atomic E-state index is 9.16. The van der Waals surface area contributed by atoms with Gasteiger partial charge in [0.15, 0.2) is 0 Å². The highest BCUT2D eigenvalue weighted by Crippen LogP contribution is 2.29. The molecule has 0 saturated heterocycles. The first-order valence-electron chi connectivity index (χ1n) is 5.45. The van der Waals surface area contributed by atoms with Gasteiger partial charge in [-0.3, -0.25) is 0 Å². The third kappa shape index (κ3) is 7.22. The fraction of sp³-hybridized carbons (Fsp3) is 0.714. The average molecular weight is 208 g/mol. The van der Waals surface area contributed by atoms with Crippen LogP contribution in [0.5, 0.6) is 0 Å². The van der Waals surface area contributed by atoms with Crippen LogP contribution in [0.25, 0.3) is 0 Å². The van der Waals surface area contributed by atoms with Crippen LogP contribution in [0.3, 0.4) is 0 Å². The van der Waals surface area contributed by atoms with Crippen LogP contribution in [0.1, 0.15) is 48.5 Å². The smallest absolute Gasteiger partial charge is 0.112 e. The highest BCUT2D eigenvalue weighted by atomic mass is 16.3. The summed E-state index contributed by atoms with van der Waals surface area (Å²) in [5.74, 6) is 5.89. The van der Waals surface area contributed by atoms with E-state index in [1.165, 1.54) is 0 Å². The minimum atomic E-state index is -0.560. The maximum Gasteiger partial charge on any atom is 0.112 e. The predicted molar refractivity (Wildman–Crippen MR) is 66.4 cm³/mol. The quantitative estimate of drug-likeness (QED) is 0.605. The van der Waals surface area contributed by atoms with Gasteiger partial charge in [-0.2, -0.15) is 0 Å². The van der Waals surface area contributed by atoms with E-state index in [-0.39, 0.29) is 10.8 Å². The van der Waals surface area contributed by atoms with Crippen molar-refractivity contribution in [3.8, 4) is 11.8 Å². The van der Waals surface area contributed by atoms with Gasteiger partial charge in [-0.25, -0.2) is 0 Å². The SMILES string of the molecule is CC(O)C#CC(=CC(C)(C)C)C(C)(C)C. The van der Waals surface area contributed by atoms with Crippen LogP contribution in [-0.2, 0) is 0 Å². The van der Waals surface area contributed by atoms with Gasteiger partial charge in [0.25, 0.3) is 0 Å². The van der Waals surface area contributed by atoms with Crippen molar-refractivity contribution < 1.29 is 5.11 Å². The lowest BCUT2D eigenvalue weighted by atomic mass is 9.81. The summed E-state index contributed by atoms with van der Waals surface area (Å²) in [6.07, 6.45) is 1.62. The number of aliphatic hydroxyl groups is 1. The normalized spacial score (nSPS) is 15.6. The zero-order valence-electron chi connectivity index (χ0n) is 11.1. The van der Waals surface area contributed by atoms with Crippen molar-refractivity contribution in [3.05, 3.63) is 11.6 Å². The summed E-state index contributed by atoms with van der Waals surface area (Å²) in [6.45, 7) is 14.6. The standard InChI is InChI=1S/C14H24O/c1-11(15)8-9-12(14(5,6)7)10-13(2,3)4/h10-11,15H,1-7H3. The number of allylic oxidation sites excluding steroid dienone is 2. The second-order valence-corrected chi connectivity index (χ2v) is 6.12. The molecule has 1 heteroatoms. The summed E-state index contributed by atoms with van der Waals surface area (Å²) in [5, 5.41) is 9.16. The topological polar surface area (TPSA) is 20.2 Å². The molecule has 1 nitrogen and oxygen atoms in total. The Morgan fingerprint density at radius 2 is 1.60 bits per heavy atom. The fourth-order valence-corrected chi connectivity index (χ4v) is 1.06. The molecule has 0 fully saturated rings. The maximum absolute atomic E-state index is 9.16. The molecule has 0 rings (SSSR count). The van der Waals surface area contributed by atoms with Crippen molar-refractivity contribution in [2.24, 2.45) is 10.8 Å². The zero-order chi connectivity index (χ0) is 12.3. The van der Waals surface area contributed by atoms with Crippen LogP contribution >= 0.6 is 0 Å². The van der Waals surface area contributed by atoms with Gasteiger partial charge in [-0.15, -0.1) is 0 Å². The van der Waals surface area contributed by atoms with Gasteiger partial charge in [-0.05, 0) is 17.8 Å². The van der Waals surface area contributed by atoms with Crippen molar-refractivity contribution in [2.75, 3.05) is 0 Å². The molecule has 15 heavy (non-hydrogen) atoms. The molecule has 0 aromatic rings. The molecule has 0 aliphatic heterocycles. The number of hydrogen-bond donors (Lipinski definition) is 1. The summed E-state index contributed by atoms with van der Waals surface area (Å²) in [4.78, 5) is 0. The van der Waals surface area contributed by atoms with Crippen molar-refractivity contribution in [1.29, 1.82) is 0 Å². The van der Waals surface area contributed by atoms with Crippen LogP contribution in [0, 0.1) is 22.7 Å².